The Morgan fingerprint density at radius 1 is 1.28 bits per heavy atom. The summed E-state index contributed by atoms with van der Waals surface area (Å²) in [6.07, 6.45) is 2.64. The summed E-state index contributed by atoms with van der Waals surface area (Å²) in [5.41, 5.74) is 1.74. The zero-order chi connectivity index (χ0) is 21.2. The molecule has 2 aliphatic heterocycles. The fourth-order valence-electron chi connectivity index (χ4n) is 3.60. The van der Waals surface area contributed by atoms with Crippen LogP contribution < -0.4 is 5.32 Å². The van der Waals surface area contributed by atoms with Crippen molar-refractivity contribution in [3.8, 4) is 0 Å². The summed E-state index contributed by atoms with van der Waals surface area (Å²) in [6, 6.07) is 6.48. The first-order valence-electron chi connectivity index (χ1n) is 9.42. The molecule has 2 amide bonds. The van der Waals surface area contributed by atoms with Crippen molar-refractivity contribution >= 4 is 33.7 Å². The van der Waals surface area contributed by atoms with Crippen molar-refractivity contribution in [1.29, 1.82) is 0 Å². The molecular weight excluding hydrogens is 396 g/mol. The summed E-state index contributed by atoms with van der Waals surface area (Å²) in [7, 11) is -3.12. The first kappa shape index (κ1) is 21.0. The van der Waals surface area contributed by atoms with Crippen molar-refractivity contribution in [3.05, 3.63) is 41.6 Å². The second-order valence-electron chi connectivity index (χ2n) is 7.33. The Morgan fingerprint density at radius 3 is 2.66 bits per heavy atom. The molecule has 156 valence electrons. The van der Waals surface area contributed by atoms with Crippen molar-refractivity contribution in [3.63, 3.8) is 0 Å². The average Bonchev–Trinajstić information content (AvgIpc) is 2.99. The number of nitrogens with one attached hydrogen (secondary N) is 1. The van der Waals surface area contributed by atoms with E-state index in [2.05, 4.69) is 5.32 Å². The van der Waals surface area contributed by atoms with E-state index in [-0.39, 0.29) is 23.8 Å². The molecule has 0 spiro atoms. The van der Waals surface area contributed by atoms with Gasteiger partial charge in [0, 0.05) is 19.2 Å². The van der Waals surface area contributed by atoms with E-state index in [0.717, 1.165) is 11.1 Å². The molecule has 1 N–H and O–H groups in total. The zero-order valence-electron chi connectivity index (χ0n) is 16.3. The maximum absolute atomic E-state index is 12.5. The van der Waals surface area contributed by atoms with Crippen LogP contribution in [0.15, 0.2) is 30.5 Å². The molecule has 2 aliphatic rings. The van der Waals surface area contributed by atoms with Gasteiger partial charge in [0.05, 0.1) is 24.0 Å². The Kier molecular flexibility index (Phi) is 6.07. The number of ether oxygens (including phenoxy) is 1. The van der Waals surface area contributed by atoms with Crippen molar-refractivity contribution in [1.82, 2.24) is 10.2 Å². The van der Waals surface area contributed by atoms with Crippen LogP contribution in [0.1, 0.15) is 43.9 Å². The average molecular weight is 420 g/mol. The smallest absolute Gasteiger partial charge is 0.309 e. The lowest BCUT2D eigenvalue weighted by Gasteiger charge is -2.32. The molecule has 2 heterocycles. The van der Waals surface area contributed by atoms with E-state index in [1.165, 1.54) is 18.7 Å². The Balaban J connectivity index is 1.62. The summed E-state index contributed by atoms with van der Waals surface area (Å²) >= 11 is 0. The number of rotatable bonds is 5. The first-order chi connectivity index (χ1) is 13.7. The first-order valence-corrected chi connectivity index (χ1v) is 11.2. The number of hydrogen-bond acceptors (Lipinski definition) is 6. The van der Waals surface area contributed by atoms with Gasteiger partial charge in [-0.05, 0) is 30.5 Å². The molecule has 0 saturated carbocycles. The number of amides is 2. The normalized spacial score (nSPS) is 23.2. The van der Waals surface area contributed by atoms with E-state index in [1.54, 1.807) is 6.20 Å². The monoisotopic (exact) mass is 420 g/mol. The van der Waals surface area contributed by atoms with Crippen LogP contribution in [-0.4, -0.2) is 54.8 Å². The summed E-state index contributed by atoms with van der Waals surface area (Å²) in [5.74, 6) is -1.41. The molecule has 3 atom stereocenters. The van der Waals surface area contributed by atoms with Crippen LogP contribution in [-0.2, 0) is 29.0 Å². The number of hydrogen-bond donors (Lipinski definition) is 1. The fraction of sp³-hybridized carbons (Fsp3) is 0.450. The molecule has 3 rings (SSSR count). The van der Waals surface area contributed by atoms with Crippen molar-refractivity contribution in [2.75, 3.05) is 11.5 Å². The molecule has 0 unspecified atom stereocenters. The maximum atomic E-state index is 12.5. The van der Waals surface area contributed by atoms with Crippen LogP contribution in [0.4, 0.5) is 0 Å². The second-order valence-corrected chi connectivity index (χ2v) is 9.56. The molecule has 1 saturated heterocycles. The van der Waals surface area contributed by atoms with E-state index in [0.29, 0.717) is 6.42 Å². The lowest BCUT2D eigenvalue weighted by Crippen LogP contribution is -2.43. The largest absolute Gasteiger partial charge is 0.452 e. The molecule has 0 aromatic heterocycles. The number of sulfone groups is 1. The minimum absolute atomic E-state index is 0.0433. The standard InChI is InChI=1S/C20H24N2O6S/c1-13(20(25)21-16-8-10-29(26,27)12-16)28-19(24)11-18-17-6-4-3-5-15(17)7-9-22(18)14(2)23/h3-7,9,13,16,18H,8,10-12H2,1-2H3,(H,21,25)/t13-,16+,18+/m0/s1. The van der Waals surface area contributed by atoms with Gasteiger partial charge in [0.2, 0.25) is 5.91 Å². The topological polar surface area (TPSA) is 110 Å². The zero-order valence-corrected chi connectivity index (χ0v) is 17.1. The van der Waals surface area contributed by atoms with Gasteiger partial charge in [0.1, 0.15) is 0 Å². The number of fused-ring (bicyclic) bond motifs is 1. The van der Waals surface area contributed by atoms with Crippen molar-refractivity contribution in [2.45, 2.75) is 44.9 Å². The van der Waals surface area contributed by atoms with Crippen LogP contribution in [0.25, 0.3) is 6.08 Å². The molecule has 1 aromatic carbocycles. The van der Waals surface area contributed by atoms with Gasteiger partial charge in [-0.3, -0.25) is 14.4 Å². The number of esters is 1. The van der Waals surface area contributed by atoms with Crippen LogP contribution >= 0.6 is 0 Å². The third-order valence-electron chi connectivity index (χ3n) is 5.09. The van der Waals surface area contributed by atoms with Gasteiger partial charge in [-0.15, -0.1) is 0 Å². The predicted molar refractivity (Wildman–Crippen MR) is 106 cm³/mol. The summed E-state index contributed by atoms with van der Waals surface area (Å²) < 4.78 is 28.3. The van der Waals surface area contributed by atoms with E-state index in [1.807, 2.05) is 30.3 Å². The van der Waals surface area contributed by atoms with Gasteiger partial charge in [-0.1, -0.05) is 24.3 Å². The van der Waals surface area contributed by atoms with Gasteiger partial charge >= 0.3 is 5.97 Å². The Bertz CT molecular complexity index is 955. The van der Waals surface area contributed by atoms with Gasteiger partial charge in [-0.25, -0.2) is 8.42 Å². The third-order valence-corrected chi connectivity index (χ3v) is 6.85. The summed E-state index contributed by atoms with van der Waals surface area (Å²) in [6.45, 7) is 2.86. The minimum Gasteiger partial charge on any atom is -0.452 e. The van der Waals surface area contributed by atoms with Crippen LogP contribution in [0.5, 0.6) is 0 Å². The SMILES string of the molecule is CC(=O)N1C=Cc2ccccc2[C@H]1CC(=O)O[C@@H](C)C(=O)N[C@@H]1CCS(=O)(=O)C1. The lowest BCUT2D eigenvalue weighted by atomic mass is 9.94. The molecule has 8 nitrogen and oxygen atoms in total. The van der Waals surface area contributed by atoms with E-state index >= 15 is 0 Å². The number of carbonyl (C=O) groups excluding carboxylic acids is 3. The molecule has 1 fully saturated rings. The van der Waals surface area contributed by atoms with Crippen LogP contribution in [0.2, 0.25) is 0 Å². The highest BCUT2D eigenvalue weighted by Gasteiger charge is 2.32. The summed E-state index contributed by atoms with van der Waals surface area (Å²) in [4.78, 5) is 38.2. The third kappa shape index (κ3) is 5.03. The van der Waals surface area contributed by atoms with Gasteiger partial charge in [0.15, 0.2) is 15.9 Å². The minimum atomic E-state index is -3.12. The highest BCUT2D eigenvalue weighted by molar-refractivity contribution is 7.91. The van der Waals surface area contributed by atoms with E-state index in [4.69, 9.17) is 4.74 Å². The van der Waals surface area contributed by atoms with Gasteiger partial charge < -0.3 is 15.0 Å². The maximum Gasteiger partial charge on any atom is 0.309 e. The molecule has 0 radical (unpaired) electrons. The fourth-order valence-corrected chi connectivity index (χ4v) is 5.27. The molecule has 9 heteroatoms. The number of benzene rings is 1. The van der Waals surface area contributed by atoms with Gasteiger partial charge in [0.25, 0.3) is 5.91 Å². The molecule has 0 bridgehead atoms. The van der Waals surface area contributed by atoms with Crippen molar-refractivity contribution < 1.29 is 27.5 Å². The predicted octanol–water partition coefficient (Wildman–Crippen LogP) is 1.19. The van der Waals surface area contributed by atoms with Crippen molar-refractivity contribution in [2.24, 2.45) is 0 Å². The quantitative estimate of drug-likeness (QED) is 0.717. The molecule has 1 aromatic rings. The van der Waals surface area contributed by atoms with Crippen LogP contribution in [0, 0.1) is 0 Å². The molecular formula is C20H24N2O6S. The number of carbonyl (C=O) groups is 3. The second kappa shape index (κ2) is 8.36. The van der Waals surface area contributed by atoms with Gasteiger partial charge in [-0.2, -0.15) is 0 Å². The molecule has 29 heavy (non-hydrogen) atoms. The number of nitrogens with zero attached hydrogens (tertiary/aromatic N) is 1. The van der Waals surface area contributed by atoms with Crippen LogP contribution in [0.3, 0.4) is 0 Å². The lowest BCUT2D eigenvalue weighted by molar-refractivity contribution is -0.156. The Morgan fingerprint density at radius 2 is 2.00 bits per heavy atom. The Hall–Kier alpha value is -2.68. The van der Waals surface area contributed by atoms with E-state index < -0.39 is 39.9 Å². The van der Waals surface area contributed by atoms with E-state index in [9.17, 15) is 22.8 Å². The Labute approximate surface area is 169 Å². The molecule has 0 aliphatic carbocycles. The highest BCUT2D eigenvalue weighted by Crippen LogP contribution is 2.33. The highest BCUT2D eigenvalue weighted by atomic mass is 32.2. The summed E-state index contributed by atoms with van der Waals surface area (Å²) in [5, 5.41) is 2.61.